The van der Waals surface area contributed by atoms with Crippen LogP contribution in [0.4, 0.5) is 0 Å². The fourth-order valence-corrected chi connectivity index (χ4v) is 2.26. The van der Waals surface area contributed by atoms with Crippen LogP contribution in [0, 0.1) is 0 Å². The molecule has 3 aromatic carbocycles. The van der Waals surface area contributed by atoms with E-state index in [0.29, 0.717) is 0 Å². The Labute approximate surface area is 105 Å². The lowest BCUT2D eigenvalue weighted by atomic mass is 9.99. The van der Waals surface area contributed by atoms with E-state index >= 15 is 0 Å². The van der Waals surface area contributed by atoms with Gasteiger partial charge in [-0.05, 0) is 45.3 Å². The van der Waals surface area contributed by atoms with E-state index < -0.39 is 0 Å². The van der Waals surface area contributed by atoms with Crippen molar-refractivity contribution in [2.24, 2.45) is 0 Å². The van der Waals surface area contributed by atoms with E-state index in [2.05, 4.69) is 30.3 Å². The van der Waals surface area contributed by atoms with Gasteiger partial charge in [-0.1, -0.05) is 48.5 Å². The van der Waals surface area contributed by atoms with Crippen molar-refractivity contribution < 1.29 is 4.79 Å². The molecule has 0 aliphatic carbocycles. The normalized spacial score (nSPS) is 11.3. The first kappa shape index (κ1) is 10.7. The predicted molar refractivity (Wildman–Crippen MR) is 76.2 cm³/mol. The van der Waals surface area contributed by atoms with Gasteiger partial charge in [-0.15, -0.1) is 0 Å². The summed E-state index contributed by atoms with van der Waals surface area (Å²) in [5.41, 5.74) is 1.04. The summed E-state index contributed by atoms with van der Waals surface area (Å²) < 4.78 is 0. The Morgan fingerprint density at radius 2 is 1.56 bits per heavy atom. The summed E-state index contributed by atoms with van der Waals surface area (Å²) in [4.78, 5) is 10.3. The first-order valence-corrected chi connectivity index (χ1v) is 5.84. The zero-order chi connectivity index (χ0) is 12.4. The van der Waals surface area contributed by atoms with Crippen LogP contribution < -0.4 is 0 Å². The second-order valence-electron chi connectivity index (χ2n) is 4.22. The van der Waals surface area contributed by atoms with Crippen LogP contribution in [-0.4, -0.2) is 6.29 Å². The number of fused-ring (bicyclic) bond motifs is 2. The van der Waals surface area contributed by atoms with Gasteiger partial charge < -0.3 is 0 Å². The van der Waals surface area contributed by atoms with Crippen molar-refractivity contribution in [2.45, 2.75) is 0 Å². The molecule has 3 aromatic rings. The maximum absolute atomic E-state index is 10.3. The van der Waals surface area contributed by atoms with Gasteiger partial charge in [-0.25, -0.2) is 0 Å². The second kappa shape index (κ2) is 4.46. The number of hydrogen-bond acceptors (Lipinski definition) is 1. The molecule has 0 N–H and O–H groups in total. The average Bonchev–Trinajstić information content (AvgIpc) is 2.43. The molecule has 3 rings (SSSR count). The van der Waals surface area contributed by atoms with E-state index in [1.54, 1.807) is 12.4 Å². The lowest BCUT2D eigenvalue weighted by Gasteiger charge is -2.05. The van der Waals surface area contributed by atoms with Crippen molar-refractivity contribution in [1.29, 1.82) is 0 Å². The molecule has 0 spiro atoms. The van der Waals surface area contributed by atoms with Crippen molar-refractivity contribution in [3.63, 3.8) is 0 Å². The third kappa shape index (κ3) is 1.80. The molecule has 0 aromatic heterocycles. The Hall–Kier alpha value is -2.41. The molecule has 0 aliphatic heterocycles. The van der Waals surface area contributed by atoms with E-state index in [0.717, 1.165) is 10.9 Å². The van der Waals surface area contributed by atoms with E-state index in [9.17, 15) is 4.79 Å². The van der Waals surface area contributed by atoms with E-state index in [1.165, 1.54) is 22.2 Å². The van der Waals surface area contributed by atoms with Crippen molar-refractivity contribution in [3.8, 4) is 0 Å². The maximum Gasteiger partial charge on any atom is 0.225 e. The smallest absolute Gasteiger partial charge is 0.225 e. The Balaban J connectivity index is 2.35. The quantitative estimate of drug-likeness (QED) is 0.479. The molecule has 0 heterocycles. The zero-order valence-corrected chi connectivity index (χ0v) is 9.76. The summed E-state index contributed by atoms with van der Waals surface area (Å²) in [6, 6.07) is 18.7. The molecular weight excluding hydrogens is 220 g/mol. The van der Waals surface area contributed by atoms with Crippen LogP contribution in [0.2, 0.25) is 0 Å². The summed E-state index contributed by atoms with van der Waals surface area (Å²) in [6.45, 7) is 0. The summed E-state index contributed by atoms with van der Waals surface area (Å²) in [6.07, 6.45) is 4.99. The molecule has 1 radical (unpaired) electrons. The van der Waals surface area contributed by atoms with Gasteiger partial charge in [0.15, 0.2) is 0 Å². The molecular formula is C17H11O. The molecule has 18 heavy (non-hydrogen) atoms. The zero-order valence-electron chi connectivity index (χ0n) is 9.76. The van der Waals surface area contributed by atoms with E-state index in [1.807, 2.05) is 24.3 Å². The van der Waals surface area contributed by atoms with Gasteiger partial charge in [0.1, 0.15) is 0 Å². The highest BCUT2D eigenvalue weighted by molar-refractivity contribution is 6.02. The summed E-state index contributed by atoms with van der Waals surface area (Å²) in [5.74, 6) is 0. The highest BCUT2D eigenvalue weighted by Gasteiger charge is 2.00. The Kier molecular flexibility index (Phi) is 2.66. The van der Waals surface area contributed by atoms with E-state index in [-0.39, 0.29) is 0 Å². The number of hydrogen-bond donors (Lipinski definition) is 0. The molecule has 1 nitrogen and oxygen atoms in total. The SMILES string of the molecule is O=[C]/C=C/c1cccc2cc3ccccc3cc12. The second-order valence-corrected chi connectivity index (χ2v) is 4.22. The van der Waals surface area contributed by atoms with Gasteiger partial charge in [0.05, 0.1) is 0 Å². The topological polar surface area (TPSA) is 17.1 Å². The lowest BCUT2D eigenvalue weighted by Crippen LogP contribution is -1.80. The third-order valence-corrected chi connectivity index (χ3v) is 3.11. The molecule has 85 valence electrons. The number of allylic oxidation sites excluding steroid dienone is 1. The fraction of sp³-hybridized carbons (Fsp3) is 0. The first-order chi connectivity index (χ1) is 8.88. The third-order valence-electron chi connectivity index (χ3n) is 3.11. The molecule has 0 saturated heterocycles. The van der Waals surface area contributed by atoms with Crippen LogP contribution >= 0.6 is 0 Å². The van der Waals surface area contributed by atoms with Crippen LogP contribution in [0.15, 0.2) is 60.7 Å². The van der Waals surface area contributed by atoms with Gasteiger partial charge in [0.2, 0.25) is 6.29 Å². The van der Waals surface area contributed by atoms with Crippen LogP contribution in [0.25, 0.3) is 27.6 Å². The highest BCUT2D eigenvalue weighted by atomic mass is 16.1. The molecule has 0 saturated carbocycles. The standard InChI is InChI=1S/C17H11O/c18-10-4-9-13-7-3-8-16-11-14-5-1-2-6-15(14)12-17(13)16/h1-9,11-12H/b9-4+. The molecule has 0 atom stereocenters. The van der Waals surface area contributed by atoms with E-state index in [4.69, 9.17) is 0 Å². The summed E-state index contributed by atoms with van der Waals surface area (Å²) in [7, 11) is 0. The monoisotopic (exact) mass is 231 g/mol. The Morgan fingerprint density at radius 3 is 2.33 bits per heavy atom. The molecule has 0 unspecified atom stereocenters. The first-order valence-electron chi connectivity index (χ1n) is 5.84. The number of benzene rings is 3. The molecule has 0 fully saturated rings. The molecule has 1 heteroatoms. The predicted octanol–water partition coefficient (Wildman–Crippen LogP) is 4.12. The lowest BCUT2D eigenvalue weighted by molar-refractivity contribution is 0.564. The van der Waals surface area contributed by atoms with Gasteiger partial charge in [-0.2, -0.15) is 0 Å². The number of rotatable bonds is 2. The van der Waals surface area contributed by atoms with Gasteiger partial charge in [0, 0.05) is 0 Å². The largest absolute Gasteiger partial charge is 0.286 e. The van der Waals surface area contributed by atoms with Crippen LogP contribution in [0.5, 0.6) is 0 Å². The Morgan fingerprint density at radius 1 is 0.833 bits per heavy atom. The minimum Gasteiger partial charge on any atom is -0.286 e. The van der Waals surface area contributed by atoms with Gasteiger partial charge in [0.25, 0.3) is 0 Å². The average molecular weight is 231 g/mol. The minimum atomic E-state index is 1.04. The fourth-order valence-electron chi connectivity index (χ4n) is 2.26. The molecule has 0 aliphatic rings. The van der Waals surface area contributed by atoms with Crippen molar-refractivity contribution in [3.05, 3.63) is 66.2 Å². The van der Waals surface area contributed by atoms with Crippen LogP contribution in [0.3, 0.4) is 0 Å². The molecule has 0 bridgehead atoms. The van der Waals surface area contributed by atoms with Crippen LogP contribution in [-0.2, 0) is 4.79 Å². The van der Waals surface area contributed by atoms with Gasteiger partial charge >= 0.3 is 0 Å². The summed E-state index contributed by atoms with van der Waals surface area (Å²) in [5, 5.41) is 4.78. The highest BCUT2D eigenvalue weighted by Crippen LogP contribution is 2.26. The van der Waals surface area contributed by atoms with Gasteiger partial charge in [-0.3, -0.25) is 4.79 Å². The van der Waals surface area contributed by atoms with Crippen molar-refractivity contribution >= 4 is 33.9 Å². The minimum absolute atomic E-state index is 1.04. The van der Waals surface area contributed by atoms with Crippen LogP contribution in [0.1, 0.15) is 5.56 Å². The Bertz CT molecular complexity index is 754. The van der Waals surface area contributed by atoms with Crippen molar-refractivity contribution in [2.75, 3.05) is 0 Å². The van der Waals surface area contributed by atoms with Crippen molar-refractivity contribution in [1.82, 2.24) is 0 Å². The summed E-state index contributed by atoms with van der Waals surface area (Å²) >= 11 is 0. The maximum atomic E-state index is 10.3. The number of carbonyl (C=O) groups excluding carboxylic acids is 1. The molecule has 0 amide bonds.